The molecule has 1 fully saturated rings. The van der Waals surface area contributed by atoms with Crippen molar-refractivity contribution in [1.82, 2.24) is 9.97 Å². The maximum atomic E-state index is 12.3. The Hall–Kier alpha value is -2.62. The average Bonchev–Trinajstić information content (AvgIpc) is 3.35. The largest absolute Gasteiger partial charge is 0.497 e. The summed E-state index contributed by atoms with van der Waals surface area (Å²) in [5.41, 5.74) is 3.41. The van der Waals surface area contributed by atoms with Gasteiger partial charge in [0.1, 0.15) is 11.4 Å². The number of hydrogen-bond donors (Lipinski definition) is 1. The molecule has 1 aromatic heterocycles. The summed E-state index contributed by atoms with van der Waals surface area (Å²) in [7, 11) is 1.67. The highest BCUT2D eigenvalue weighted by atomic mass is 16.5. The van der Waals surface area contributed by atoms with Crippen LogP contribution in [-0.4, -0.2) is 17.1 Å². The Kier molecular flexibility index (Phi) is 2.96. The molecule has 2 atom stereocenters. The third-order valence-electron chi connectivity index (χ3n) is 4.29. The lowest BCUT2D eigenvalue weighted by Gasteiger charge is -2.04. The van der Waals surface area contributed by atoms with Gasteiger partial charge in [-0.1, -0.05) is 24.3 Å². The van der Waals surface area contributed by atoms with Crippen LogP contribution in [0.5, 0.6) is 5.75 Å². The quantitative estimate of drug-likeness (QED) is 0.806. The Labute approximate surface area is 127 Å². The van der Waals surface area contributed by atoms with Crippen LogP contribution in [0.2, 0.25) is 0 Å². The number of para-hydroxylation sites is 2. The number of benzene rings is 2. The molecule has 1 aliphatic rings. The van der Waals surface area contributed by atoms with Crippen LogP contribution < -0.4 is 10.3 Å². The molecule has 22 heavy (non-hydrogen) atoms. The molecule has 1 heterocycles. The molecule has 2 aromatic carbocycles. The number of H-pyrrole nitrogens is 1. The lowest BCUT2D eigenvalue weighted by molar-refractivity contribution is 0.414. The topological polar surface area (TPSA) is 55.0 Å². The summed E-state index contributed by atoms with van der Waals surface area (Å²) < 4.78 is 5.27. The zero-order valence-corrected chi connectivity index (χ0v) is 12.2. The molecule has 0 radical (unpaired) electrons. The van der Waals surface area contributed by atoms with Gasteiger partial charge >= 0.3 is 0 Å². The van der Waals surface area contributed by atoms with Gasteiger partial charge in [-0.15, -0.1) is 0 Å². The predicted molar refractivity (Wildman–Crippen MR) is 85.5 cm³/mol. The van der Waals surface area contributed by atoms with Crippen LogP contribution in [0, 0.1) is 0 Å². The number of nitrogens with zero attached hydrogens (tertiary/aromatic N) is 1. The molecule has 4 rings (SSSR count). The molecule has 0 aliphatic heterocycles. The van der Waals surface area contributed by atoms with Crippen LogP contribution in [-0.2, 0) is 0 Å². The van der Waals surface area contributed by atoms with E-state index in [0.29, 0.717) is 11.6 Å². The first kappa shape index (κ1) is 13.1. The summed E-state index contributed by atoms with van der Waals surface area (Å²) in [5, 5.41) is 0. The molecule has 0 bridgehead atoms. The van der Waals surface area contributed by atoms with E-state index in [4.69, 9.17) is 4.74 Å². The van der Waals surface area contributed by atoms with Gasteiger partial charge in [0.15, 0.2) is 0 Å². The SMILES string of the molecule is COc1cccc(C2CC2c2nc3ccccc3[nH]c2=O)c1. The van der Waals surface area contributed by atoms with Gasteiger partial charge in [-0.3, -0.25) is 4.79 Å². The molecule has 0 saturated heterocycles. The Bertz CT molecular complexity index is 901. The second-order valence-electron chi connectivity index (χ2n) is 5.69. The van der Waals surface area contributed by atoms with Crippen LogP contribution in [0.25, 0.3) is 11.0 Å². The fourth-order valence-electron chi connectivity index (χ4n) is 3.03. The van der Waals surface area contributed by atoms with Crippen LogP contribution >= 0.6 is 0 Å². The number of fused-ring (bicyclic) bond motifs is 1. The second kappa shape index (κ2) is 4.98. The highest BCUT2D eigenvalue weighted by molar-refractivity contribution is 5.73. The molecule has 110 valence electrons. The summed E-state index contributed by atoms with van der Waals surface area (Å²) in [6.07, 6.45) is 0.960. The van der Waals surface area contributed by atoms with Crippen LogP contribution in [0.3, 0.4) is 0 Å². The number of rotatable bonds is 3. The molecule has 0 amide bonds. The first-order valence-electron chi connectivity index (χ1n) is 7.39. The fourth-order valence-corrected chi connectivity index (χ4v) is 3.03. The van der Waals surface area contributed by atoms with E-state index < -0.39 is 0 Å². The Morgan fingerprint density at radius 2 is 2.00 bits per heavy atom. The predicted octanol–water partition coefficient (Wildman–Crippen LogP) is 3.20. The highest BCUT2D eigenvalue weighted by Gasteiger charge is 2.42. The summed E-state index contributed by atoms with van der Waals surface area (Å²) in [4.78, 5) is 19.8. The first-order valence-corrected chi connectivity index (χ1v) is 7.39. The zero-order chi connectivity index (χ0) is 15.1. The lowest BCUT2D eigenvalue weighted by Crippen LogP contribution is -2.14. The van der Waals surface area contributed by atoms with E-state index in [1.807, 2.05) is 42.5 Å². The van der Waals surface area contributed by atoms with Gasteiger partial charge in [0, 0.05) is 5.92 Å². The second-order valence-corrected chi connectivity index (χ2v) is 5.69. The van der Waals surface area contributed by atoms with E-state index in [9.17, 15) is 4.79 Å². The van der Waals surface area contributed by atoms with E-state index in [-0.39, 0.29) is 11.5 Å². The zero-order valence-electron chi connectivity index (χ0n) is 12.2. The lowest BCUT2D eigenvalue weighted by atomic mass is 10.1. The Morgan fingerprint density at radius 3 is 2.86 bits per heavy atom. The number of nitrogens with one attached hydrogen (secondary N) is 1. The summed E-state index contributed by atoms with van der Waals surface area (Å²) >= 11 is 0. The number of ether oxygens (including phenoxy) is 1. The first-order chi connectivity index (χ1) is 10.8. The fraction of sp³-hybridized carbons (Fsp3) is 0.222. The van der Waals surface area contributed by atoms with Gasteiger partial charge in [-0.25, -0.2) is 4.98 Å². The molecular weight excluding hydrogens is 276 g/mol. The van der Waals surface area contributed by atoms with Gasteiger partial charge < -0.3 is 9.72 Å². The van der Waals surface area contributed by atoms with E-state index in [0.717, 1.165) is 23.2 Å². The normalized spacial score (nSPS) is 20.0. The molecule has 1 N–H and O–H groups in total. The molecule has 2 unspecified atom stereocenters. The number of aromatic amines is 1. The molecular formula is C18H16N2O2. The van der Waals surface area contributed by atoms with Crippen molar-refractivity contribution in [2.24, 2.45) is 0 Å². The van der Waals surface area contributed by atoms with Crippen molar-refractivity contribution < 1.29 is 4.74 Å². The van der Waals surface area contributed by atoms with Crippen LogP contribution in [0.1, 0.15) is 29.5 Å². The van der Waals surface area contributed by atoms with Crippen molar-refractivity contribution in [2.45, 2.75) is 18.3 Å². The minimum absolute atomic E-state index is 0.0749. The van der Waals surface area contributed by atoms with Gasteiger partial charge in [0.25, 0.3) is 5.56 Å². The van der Waals surface area contributed by atoms with Gasteiger partial charge in [0.2, 0.25) is 0 Å². The monoisotopic (exact) mass is 292 g/mol. The Morgan fingerprint density at radius 1 is 1.14 bits per heavy atom. The number of methoxy groups -OCH3 is 1. The summed E-state index contributed by atoms with van der Waals surface area (Å²) in [6.45, 7) is 0. The van der Waals surface area contributed by atoms with E-state index >= 15 is 0 Å². The minimum Gasteiger partial charge on any atom is -0.497 e. The molecule has 0 spiro atoms. The van der Waals surface area contributed by atoms with Crippen LogP contribution in [0.15, 0.2) is 53.3 Å². The van der Waals surface area contributed by atoms with Gasteiger partial charge in [-0.2, -0.15) is 0 Å². The van der Waals surface area contributed by atoms with Crippen molar-refractivity contribution in [1.29, 1.82) is 0 Å². The maximum Gasteiger partial charge on any atom is 0.270 e. The number of hydrogen-bond acceptors (Lipinski definition) is 3. The van der Waals surface area contributed by atoms with Crippen molar-refractivity contribution in [3.05, 3.63) is 70.1 Å². The smallest absolute Gasteiger partial charge is 0.270 e. The highest BCUT2D eigenvalue weighted by Crippen LogP contribution is 2.53. The molecule has 3 aromatic rings. The third kappa shape index (κ3) is 2.17. The molecule has 1 aliphatic carbocycles. The molecule has 1 saturated carbocycles. The van der Waals surface area contributed by atoms with Gasteiger partial charge in [-0.05, 0) is 42.2 Å². The van der Waals surface area contributed by atoms with E-state index in [1.54, 1.807) is 7.11 Å². The van der Waals surface area contributed by atoms with Crippen molar-refractivity contribution in [3.8, 4) is 5.75 Å². The number of aromatic nitrogens is 2. The van der Waals surface area contributed by atoms with Crippen molar-refractivity contribution in [2.75, 3.05) is 7.11 Å². The van der Waals surface area contributed by atoms with E-state index in [2.05, 4.69) is 16.0 Å². The van der Waals surface area contributed by atoms with Crippen molar-refractivity contribution in [3.63, 3.8) is 0 Å². The minimum atomic E-state index is -0.0749. The summed E-state index contributed by atoms with van der Waals surface area (Å²) in [5.74, 6) is 1.40. The average molecular weight is 292 g/mol. The van der Waals surface area contributed by atoms with Gasteiger partial charge in [0.05, 0.1) is 18.1 Å². The van der Waals surface area contributed by atoms with Crippen molar-refractivity contribution >= 4 is 11.0 Å². The van der Waals surface area contributed by atoms with E-state index in [1.165, 1.54) is 5.56 Å². The van der Waals surface area contributed by atoms with Crippen LogP contribution in [0.4, 0.5) is 0 Å². The Balaban J connectivity index is 1.69. The maximum absolute atomic E-state index is 12.3. The molecule has 4 nitrogen and oxygen atoms in total. The standard InChI is InChI=1S/C18H16N2O2/c1-22-12-6-4-5-11(9-12)13-10-14(13)17-18(21)20-16-8-3-2-7-15(16)19-17/h2-9,13-14H,10H2,1H3,(H,20,21). The summed E-state index contributed by atoms with van der Waals surface area (Å²) in [6, 6.07) is 15.7. The third-order valence-corrected chi connectivity index (χ3v) is 4.29. The molecule has 4 heteroatoms.